The summed E-state index contributed by atoms with van der Waals surface area (Å²) >= 11 is 0. The molecule has 0 bridgehead atoms. The molecule has 0 spiro atoms. The number of hydrogen-bond donors (Lipinski definition) is 2. The average Bonchev–Trinajstić information content (AvgIpc) is 2.78. The molecule has 4 rings (SSSR count). The van der Waals surface area contributed by atoms with Crippen molar-refractivity contribution in [2.45, 2.75) is 56.9 Å². The lowest BCUT2D eigenvalue weighted by molar-refractivity contribution is -0.0978. The van der Waals surface area contributed by atoms with Gasteiger partial charge in [-0.05, 0) is 60.8 Å². The number of aromatic hydroxyl groups is 1. The number of ether oxygens (including phenoxy) is 1. The molecule has 3 aliphatic carbocycles. The second-order valence-corrected chi connectivity index (χ2v) is 8.02. The summed E-state index contributed by atoms with van der Waals surface area (Å²) in [6.45, 7) is 1.97. The van der Waals surface area contributed by atoms with Gasteiger partial charge in [-0.15, -0.1) is 0 Å². The molecule has 0 heterocycles. The fourth-order valence-electron chi connectivity index (χ4n) is 5.81. The van der Waals surface area contributed by atoms with Crippen LogP contribution >= 0.6 is 0 Å². The summed E-state index contributed by atoms with van der Waals surface area (Å²) in [5.74, 6) is -0.705. The standard InChI is InChI=1S/C19H24F2O3/c1-19-8-16(24-2)17-10(12(19)7-14(21)18(19)23)4-3-9-5-15(22)13(20)6-11(9)17/h5-6,10,12,14,16-18,22-23H,3-4,7-8H2,1-2H3/t10-,12-,14+,16-,17-,18-,19-/m0/s1/i21-1. The minimum Gasteiger partial charge on any atom is -0.505 e. The van der Waals surface area contributed by atoms with Gasteiger partial charge in [-0.1, -0.05) is 6.92 Å². The molecule has 0 saturated heterocycles. The number of rotatable bonds is 1. The molecule has 0 aromatic heterocycles. The van der Waals surface area contributed by atoms with Crippen molar-refractivity contribution in [3.8, 4) is 5.75 Å². The molecular weight excluding hydrogens is 313 g/mol. The van der Waals surface area contributed by atoms with E-state index < -0.39 is 23.5 Å². The van der Waals surface area contributed by atoms with Gasteiger partial charge in [-0.3, -0.25) is 0 Å². The van der Waals surface area contributed by atoms with Gasteiger partial charge in [0.15, 0.2) is 11.6 Å². The Kier molecular flexibility index (Phi) is 3.66. The molecule has 1 aromatic rings. The van der Waals surface area contributed by atoms with Gasteiger partial charge in [0.2, 0.25) is 0 Å². The van der Waals surface area contributed by atoms with Crippen LogP contribution in [0.25, 0.3) is 0 Å². The molecule has 2 N–H and O–H groups in total. The summed E-state index contributed by atoms with van der Waals surface area (Å²) in [4.78, 5) is 0. The van der Waals surface area contributed by atoms with Gasteiger partial charge >= 0.3 is 0 Å². The molecule has 0 amide bonds. The van der Waals surface area contributed by atoms with E-state index in [0.29, 0.717) is 12.8 Å². The fraction of sp³-hybridized carbons (Fsp3) is 0.684. The second-order valence-electron chi connectivity index (χ2n) is 8.02. The van der Waals surface area contributed by atoms with Crippen LogP contribution in [0, 0.1) is 23.1 Å². The van der Waals surface area contributed by atoms with Gasteiger partial charge in [-0.2, -0.15) is 0 Å². The van der Waals surface area contributed by atoms with Gasteiger partial charge in [-0.25, -0.2) is 8.78 Å². The molecule has 5 heteroatoms. The van der Waals surface area contributed by atoms with Gasteiger partial charge < -0.3 is 14.9 Å². The number of benzene rings is 1. The zero-order valence-corrected chi connectivity index (χ0v) is 14.0. The number of methoxy groups -OCH3 is 1. The summed E-state index contributed by atoms with van der Waals surface area (Å²) in [5, 5.41) is 20.1. The quantitative estimate of drug-likeness (QED) is 0.826. The number of aryl methyl sites for hydroxylation is 1. The van der Waals surface area contributed by atoms with Crippen molar-refractivity contribution in [1.29, 1.82) is 0 Å². The van der Waals surface area contributed by atoms with Crippen molar-refractivity contribution in [3.63, 3.8) is 0 Å². The molecule has 7 atom stereocenters. The Balaban J connectivity index is 1.80. The van der Waals surface area contributed by atoms with Crippen LogP contribution in [0.3, 0.4) is 0 Å². The number of phenolic OH excluding ortho intramolecular Hbond substituents is 1. The summed E-state index contributed by atoms with van der Waals surface area (Å²) in [5.41, 5.74) is 1.34. The van der Waals surface area contributed by atoms with Crippen molar-refractivity contribution in [2.75, 3.05) is 7.11 Å². The lowest BCUT2D eigenvalue weighted by atomic mass is 9.54. The highest BCUT2D eigenvalue weighted by Gasteiger charge is 2.61. The van der Waals surface area contributed by atoms with Gasteiger partial charge in [0, 0.05) is 18.4 Å². The Labute approximate surface area is 140 Å². The van der Waals surface area contributed by atoms with E-state index in [2.05, 4.69) is 0 Å². The largest absolute Gasteiger partial charge is 0.505 e. The summed E-state index contributed by atoms with van der Waals surface area (Å²) in [7, 11) is 1.63. The topological polar surface area (TPSA) is 49.7 Å². The van der Waals surface area contributed by atoms with E-state index in [4.69, 9.17) is 4.74 Å². The third-order valence-corrected chi connectivity index (χ3v) is 6.98. The Hall–Kier alpha value is -1.20. The van der Waals surface area contributed by atoms with Crippen molar-refractivity contribution in [3.05, 3.63) is 29.1 Å². The Morgan fingerprint density at radius 1 is 1.33 bits per heavy atom. The van der Waals surface area contributed by atoms with Crippen LogP contribution in [0.1, 0.15) is 43.2 Å². The minimum absolute atomic E-state index is 0.00979. The maximum absolute atomic E-state index is 14.3. The summed E-state index contributed by atoms with van der Waals surface area (Å²) < 4.78 is 34.0. The Bertz CT molecular complexity index is 664. The molecule has 0 unspecified atom stereocenters. The first-order valence-electron chi connectivity index (χ1n) is 8.73. The number of fused-ring (bicyclic) bond motifs is 5. The van der Waals surface area contributed by atoms with E-state index in [1.165, 1.54) is 12.1 Å². The highest BCUT2D eigenvalue weighted by molar-refractivity contribution is 5.42. The van der Waals surface area contributed by atoms with Crippen LogP contribution in [-0.4, -0.2) is 35.7 Å². The van der Waals surface area contributed by atoms with E-state index in [1.807, 2.05) is 6.92 Å². The second kappa shape index (κ2) is 5.40. The zero-order chi connectivity index (χ0) is 17.2. The van der Waals surface area contributed by atoms with Crippen LogP contribution in [0.4, 0.5) is 8.78 Å². The van der Waals surface area contributed by atoms with Gasteiger partial charge in [0.25, 0.3) is 0 Å². The zero-order valence-electron chi connectivity index (χ0n) is 14.0. The van der Waals surface area contributed by atoms with Crippen molar-refractivity contribution in [2.24, 2.45) is 17.3 Å². The van der Waals surface area contributed by atoms with Crippen LogP contribution in [-0.2, 0) is 11.2 Å². The number of aliphatic hydroxyl groups is 1. The van der Waals surface area contributed by atoms with E-state index in [1.54, 1.807) is 7.11 Å². The van der Waals surface area contributed by atoms with Crippen LogP contribution < -0.4 is 0 Å². The summed E-state index contributed by atoms with van der Waals surface area (Å²) in [6.07, 6.45) is 0.180. The molecule has 24 heavy (non-hydrogen) atoms. The fourth-order valence-corrected chi connectivity index (χ4v) is 5.81. The molecule has 1 aromatic carbocycles. The van der Waals surface area contributed by atoms with E-state index in [0.717, 1.165) is 24.0 Å². The highest BCUT2D eigenvalue weighted by atomic mass is 19.1. The molecule has 3 nitrogen and oxygen atoms in total. The van der Waals surface area contributed by atoms with E-state index in [9.17, 15) is 19.0 Å². The first kappa shape index (κ1) is 16.3. The number of halogens is 2. The molecular formula is C19H24F2O3. The third-order valence-electron chi connectivity index (χ3n) is 6.98. The smallest absolute Gasteiger partial charge is 0.165 e. The first-order chi connectivity index (χ1) is 11.4. The number of phenols is 1. The molecule has 2 fully saturated rings. The molecule has 2 saturated carbocycles. The van der Waals surface area contributed by atoms with Gasteiger partial charge in [0.05, 0.1) is 12.2 Å². The number of aliphatic hydroxyl groups excluding tert-OH is 1. The van der Waals surface area contributed by atoms with E-state index >= 15 is 0 Å². The lowest BCUT2D eigenvalue weighted by Gasteiger charge is -2.52. The Morgan fingerprint density at radius 2 is 2.08 bits per heavy atom. The van der Waals surface area contributed by atoms with Crippen molar-refractivity contribution in [1.82, 2.24) is 0 Å². The highest BCUT2D eigenvalue weighted by Crippen LogP contribution is 2.62. The monoisotopic (exact) mass is 337 g/mol. The van der Waals surface area contributed by atoms with Gasteiger partial charge in [0.1, 0.15) is 6.17 Å². The Morgan fingerprint density at radius 3 is 2.79 bits per heavy atom. The SMILES string of the molecule is CO[C@H]1C[C@]2(C)[C@@H](O)[C@H]([18F])C[C@H]2[C@@H]2CCc3cc(O)c(F)cc3[C@H]21. The van der Waals surface area contributed by atoms with Crippen LogP contribution in [0.2, 0.25) is 0 Å². The first-order valence-corrected chi connectivity index (χ1v) is 8.73. The molecule has 0 radical (unpaired) electrons. The maximum Gasteiger partial charge on any atom is 0.165 e. The number of alkyl halides is 1. The minimum atomic E-state index is -1.20. The van der Waals surface area contributed by atoms with E-state index in [-0.39, 0.29) is 29.6 Å². The van der Waals surface area contributed by atoms with Crippen molar-refractivity contribution < 1.29 is 23.7 Å². The summed E-state index contributed by atoms with van der Waals surface area (Å²) in [6, 6.07) is 2.94. The third kappa shape index (κ3) is 2.07. The molecule has 0 aliphatic heterocycles. The molecule has 3 aliphatic rings. The normalized spacial score (nSPS) is 43.9. The van der Waals surface area contributed by atoms with Crippen molar-refractivity contribution >= 4 is 0 Å². The lowest BCUT2D eigenvalue weighted by Crippen LogP contribution is -2.51. The molecule has 132 valence electrons. The number of hydrogen-bond acceptors (Lipinski definition) is 3. The maximum atomic E-state index is 14.3. The van der Waals surface area contributed by atoms with Crippen LogP contribution in [0.5, 0.6) is 5.75 Å². The van der Waals surface area contributed by atoms with Crippen LogP contribution in [0.15, 0.2) is 12.1 Å². The predicted molar refractivity (Wildman–Crippen MR) is 85.1 cm³/mol. The predicted octanol–water partition coefficient (Wildman–Crippen LogP) is 3.32. The average molecular weight is 337 g/mol.